The van der Waals surface area contributed by atoms with Gasteiger partial charge in [0, 0.05) is 13.2 Å². The molecule has 1 fully saturated rings. The number of sulfonamides is 1. The summed E-state index contributed by atoms with van der Waals surface area (Å²) in [7, 11) is -3.71. The summed E-state index contributed by atoms with van der Waals surface area (Å²) in [6.07, 6.45) is 0.407. The van der Waals surface area contributed by atoms with E-state index in [9.17, 15) is 8.42 Å². The van der Waals surface area contributed by atoms with Crippen LogP contribution in [0.5, 0.6) is 0 Å². The summed E-state index contributed by atoms with van der Waals surface area (Å²) in [4.78, 5) is 0. The van der Waals surface area contributed by atoms with Gasteiger partial charge < -0.3 is 9.47 Å². The van der Waals surface area contributed by atoms with Crippen LogP contribution in [0.4, 0.5) is 0 Å². The van der Waals surface area contributed by atoms with E-state index in [1.165, 1.54) is 4.68 Å². The molecule has 7 nitrogen and oxygen atoms in total. The minimum atomic E-state index is -3.71. The molecule has 0 spiro atoms. The highest BCUT2D eigenvalue weighted by Crippen LogP contribution is 2.18. The number of rotatable bonds is 7. The van der Waals surface area contributed by atoms with Crippen LogP contribution in [-0.2, 0) is 32.6 Å². The maximum Gasteiger partial charge on any atom is 0.258 e. The smallest absolute Gasteiger partial charge is 0.258 e. The Morgan fingerprint density at radius 2 is 2.12 bits per heavy atom. The molecule has 3 rings (SSSR count). The third kappa shape index (κ3) is 4.50. The molecule has 0 bridgehead atoms. The maximum absolute atomic E-state index is 12.8. The van der Waals surface area contributed by atoms with E-state index in [-0.39, 0.29) is 17.7 Å². The van der Waals surface area contributed by atoms with Crippen LogP contribution in [0.3, 0.4) is 0 Å². The number of nitrogens with one attached hydrogen (secondary N) is 1. The highest BCUT2D eigenvalue weighted by atomic mass is 32.2. The highest BCUT2D eigenvalue weighted by Gasteiger charge is 2.32. The molecule has 26 heavy (non-hydrogen) atoms. The largest absolute Gasteiger partial charge is 0.380 e. The normalized spacial score (nSPS) is 21.0. The summed E-state index contributed by atoms with van der Waals surface area (Å²) < 4.78 is 41.4. The standard InChI is InChI=1S/C18H25N3O4S/c1-3-21-18(11-14(2)19-21)26(22,23)20-16-13-24-10-9-17(16)25-12-15-7-5-4-6-8-15/h4-8,11,16-17,20H,3,9-10,12-13H2,1-2H3/t16-,17+/m1/s1. The van der Waals surface area contributed by atoms with Gasteiger partial charge in [-0.15, -0.1) is 0 Å². The highest BCUT2D eigenvalue weighted by molar-refractivity contribution is 7.89. The van der Waals surface area contributed by atoms with Gasteiger partial charge in [-0.1, -0.05) is 30.3 Å². The van der Waals surface area contributed by atoms with Gasteiger partial charge in [-0.05, 0) is 31.9 Å². The first-order valence-corrected chi connectivity index (χ1v) is 10.3. The number of hydrogen-bond acceptors (Lipinski definition) is 5. The molecule has 142 valence electrons. The Kier molecular flexibility index (Phi) is 6.08. The van der Waals surface area contributed by atoms with Gasteiger partial charge in [-0.25, -0.2) is 13.1 Å². The van der Waals surface area contributed by atoms with Crippen LogP contribution < -0.4 is 4.72 Å². The molecular weight excluding hydrogens is 354 g/mol. The first-order chi connectivity index (χ1) is 12.5. The third-order valence-electron chi connectivity index (χ3n) is 4.35. The van der Waals surface area contributed by atoms with Crippen LogP contribution in [0.25, 0.3) is 0 Å². The second-order valence-corrected chi connectivity index (χ2v) is 8.03. The summed E-state index contributed by atoms with van der Waals surface area (Å²) in [5.41, 5.74) is 1.73. The van der Waals surface area contributed by atoms with E-state index < -0.39 is 16.1 Å². The molecule has 0 amide bonds. The number of nitrogens with zero attached hydrogens (tertiary/aromatic N) is 2. The van der Waals surface area contributed by atoms with Crippen molar-refractivity contribution in [3.8, 4) is 0 Å². The van der Waals surface area contributed by atoms with Crippen LogP contribution in [0.15, 0.2) is 41.4 Å². The minimum absolute atomic E-state index is 0.171. The molecule has 0 unspecified atom stereocenters. The lowest BCUT2D eigenvalue weighted by atomic mass is 10.1. The zero-order valence-electron chi connectivity index (χ0n) is 15.1. The predicted octanol–water partition coefficient (Wildman–Crippen LogP) is 1.86. The molecule has 8 heteroatoms. The molecule has 1 saturated heterocycles. The van der Waals surface area contributed by atoms with Crippen molar-refractivity contribution >= 4 is 10.0 Å². The topological polar surface area (TPSA) is 82.5 Å². The molecule has 1 aromatic heterocycles. The first kappa shape index (κ1) is 19.0. The molecular formula is C18H25N3O4S. The molecule has 2 aromatic rings. The molecule has 0 radical (unpaired) electrons. The number of hydrogen-bond donors (Lipinski definition) is 1. The second kappa shape index (κ2) is 8.30. The van der Waals surface area contributed by atoms with Crippen LogP contribution in [0.2, 0.25) is 0 Å². The van der Waals surface area contributed by atoms with E-state index in [1.54, 1.807) is 13.0 Å². The number of aryl methyl sites for hydroxylation is 2. The van der Waals surface area contributed by atoms with E-state index in [0.29, 0.717) is 31.9 Å². The van der Waals surface area contributed by atoms with Crippen molar-refractivity contribution in [3.63, 3.8) is 0 Å². The van der Waals surface area contributed by atoms with Gasteiger partial charge in [0.25, 0.3) is 10.0 Å². The van der Waals surface area contributed by atoms with Crippen LogP contribution in [0.1, 0.15) is 24.6 Å². The fourth-order valence-corrected chi connectivity index (χ4v) is 4.54. The summed E-state index contributed by atoms with van der Waals surface area (Å²) in [5, 5.41) is 4.39. The van der Waals surface area contributed by atoms with Crippen molar-refractivity contribution < 1.29 is 17.9 Å². The molecule has 2 heterocycles. The fraction of sp³-hybridized carbons (Fsp3) is 0.500. The SMILES string of the molecule is CCn1nc(C)cc1S(=O)(=O)N[C@@H]1COCC[C@@H]1OCc1ccccc1. The first-order valence-electron chi connectivity index (χ1n) is 8.79. The van der Waals surface area contributed by atoms with Crippen molar-refractivity contribution in [2.24, 2.45) is 0 Å². The van der Waals surface area contributed by atoms with E-state index in [2.05, 4.69) is 9.82 Å². The zero-order valence-corrected chi connectivity index (χ0v) is 15.9. The molecule has 2 atom stereocenters. The Labute approximate surface area is 154 Å². The fourth-order valence-electron chi connectivity index (χ4n) is 3.03. The molecule has 1 aromatic carbocycles. The number of benzene rings is 1. The summed E-state index contributed by atoms with van der Waals surface area (Å²) in [5.74, 6) is 0. The van der Waals surface area contributed by atoms with Crippen molar-refractivity contribution in [1.29, 1.82) is 0 Å². The van der Waals surface area contributed by atoms with Crippen molar-refractivity contribution in [1.82, 2.24) is 14.5 Å². The van der Waals surface area contributed by atoms with E-state index in [1.807, 2.05) is 37.3 Å². The Balaban J connectivity index is 1.71. The molecule has 1 aliphatic rings. The Hall–Kier alpha value is -1.74. The lowest BCUT2D eigenvalue weighted by molar-refractivity contribution is -0.0572. The van der Waals surface area contributed by atoms with Crippen LogP contribution in [0, 0.1) is 6.92 Å². The van der Waals surface area contributed by atoms with Gasteiger partial charge in [0.2, 0.25) is 0 Å². The Bertz CT molecular complexity index is 820. The minimum Gasteiger partial charge on any atom is -0.380 e. The van der Waals surface area contributed by atoms with Gasteiger partial charge >= 0.3 is 0 Å². The van der Waals surface area contributed by atoms with Crippen molar-refractivity contribution in [3.05, 3.63) is 47.7 Å². The lowest BCUT2D eigenvalue weighted by Gasteiger charge is -2.31. The molecule has 0 saturated carbocycles. The third-order valence-corrected chi connectivity index (χ3v) is 5.84. The summed E-state index contributed by atoms with van der Waals surface area (Å²) in [6, 6.07) is 11.0. The maximum atomic E-state index is 12.8. The van der Waals surface area contributed by atoms with Gasteiger partial charge in [-0.2, -0.15) is 5.10 Å². The van der Waals surface area contributed by atoms with Gasteiger partial charge in [0.15, 0.2) is 5.03 Å². The van der Waals surface area contributed by atoms with E-state index in [4.69, 9.17) is 9.47 Å². The molecule has 0 aliphatic carbocycles. The van der Waals surface area contributed by atoms with Crippen LogP contribution in [-0.4, -0.2) is 43.6 Å². The predicted molar refractivity (Wildman–Crippen MR) is 97.2 cm³/mol. The molecule has 1 aliphatic heterocycles. The Morgan fingerprint density at radius 1 is 1.35 bits per heavy atom. The van der Waals surface area contributed by atoms with Gasteiger partial charge in [0.05, 0.1) is 31.1 Å². The average molecular weight is 379 g/mol. The monoisotopic (exact) mass is 379 g/mol. The van der Waals surface area contributed by atoms with E-state index >= 15 is 0 Å². The number of ether oxygens (including phenoxy) is 2. The molecule has 1 N–H and O–H groups in total. The number of aromatic nitrogens is 2. The van der Waals surface area contributed by atoms with Crippen molar-refractivity contribution in [2.75, 3.05) is 13.2 Å². The van der Waals surface area contributed by atoms with Crippen molar-refractivity contribution in [2.45, 2.75) is 50.6 Å². The van der Waals surface area contributed by atoms with Gasteiger partial charge in [-0.3, -0.25) is 4.68 Å². The average Bonchev–Trinajstić information content (AvgIpc) is 3.03. The quantitative estimate of drug-likeness (QED) is 0.794. The second-order valence-electron chi connectivity index (χ2n) is 6.37. The van der Waals surface area contributed by atoms with Crippen LogP contribution >= 0.6 is 0 Å². The van der Waals surface area contributed by atoms with Gasteiger partial charge in [0.1, 0.15) is 0 Å². The Morgan fingerprint density at radius 3 is 2.85 bits per heavy atom. The summed E-state index contributed by atoms with van der Waals surface area (Å²) >= 11 is 0. The lowest BCUT2D eigenvalue weighted by Crippen LogP contribution is -2.50. The zero-order chi connectivity index (χ0) is 18.6. The van der Waals surface area contributed by atoms with E-state index in [0.717, 1.165) is 5.56 Å². The summed E-state index contributed by atoms with van der Waals surface area (Å²) in [6.45, 7) is 5.41.